The van der Waals surface area contributed by atoms with Crippen molar-refractivity contribution < 1.29 is 23.1 Å². The van der Waals surface area contributed by atoms with Crippen LogP contribution in [0.3, 0.4) is 0 Å². The number of carbonyl (C=O) groups is 1. The summed E-state index contributed by atoms with van der Waals surface area (Å²) in [6, 6.07) is 28.8. The fraction of sp³-hybridized carbons (Fsp3) is 0.324. The predicted molar refractivity (Wildman–Crippen MR) is 173 cm³/mol. The Morgan fingerprint density at radius 3 is 2.37 bits per heavy atom. The van der Waals surface area contributed by atoms with Gasteiger partial charge >= 0.3 is 5.97 Å². The highest BCUT2D eigenvalue weighted by molar-refractivity contribution is 7.89. The number of carbonyl (C=O) groups excluding carboxylic acids is 1. The van der Waals surface area contributed by atoms with Gasteiger partial charge < -0.3 is 20.5 Å². The largest absolute Gasteiger partial charge is 0.465 e. The summed E-state index contributed by atoms with van der Waals surface area (Å²) < 4.78 is 32.9. The van der Waals surface area contributed by atoms with E-state index in [1.54, 1.807) is 25.1 Å². The lowest BCUT2D eigenvalue weighted by molar-refractivity contribution is -0.140. The number of β-amino-alcohol motifs (C(OH)–C–C–N with tert-alkyl or cyclic N) is 1. The van der Waals surface area contributed by atoms with Gasteiger partial charge in [-0.15, -0.1) is 0 Å². The first kappa shape index (κ1) is 32.2. The molecule has 0 aromatic heterocycles. The molecule has 0 aliphatic heterocycles. The molecule has 0 saturated carbocycles. The van der Waals surface area contributed by atoms with Crippen molar-refractivity contribution in [2.24, 2.45) is 0 Å². The van der Waals surface area contributed by atoms with Gasteiger partial charge in [-0.25, -0.2) is 8.42 Å². The fourth-order valence-corrected chi connectivity index (χ4v) is 6.21. The number of fused-ring (bicyclic) bond motifs is 1. The van der Waals surface area contributed by atoms with E-state index in [1.165, 1.54) is 27.7 Å². The summed E-state index contributed by atoms with van der Waals surface area (Å²) in [5, 5.41) is 19.6. The second-order valence-electron chi connectivity index (χ2n) is 11.3. The Morgan fingerprint density at radius 1 is 0.930 bits per heavy atom. The summed E-state index contributed by atoms with van der Waals surface area (Å²) in [4.78, 5) is 11.7. The zero-order chi connectivity index (χ0) is 31.0. The van der Waals surface area contributed by atoms with Crippen LogP contribution in [0.2, 0.25) is 0 Å². The molecular formula is C34H41N3O5S. The van der Waals surface area contributed by atoms with Crippen molar-refractivity contribution in [3.8, 4) is 11.1 Å². The number of anilines is 1. The first-order valence-electron chi connectivity index (χ1n) is 14.4. The van der Waals surface area contributed by atoms with Gasteiger partial charge in [0.15, 0.2) is 0 Å². The van der Waals surface area contributed by atoms with E-state index < -0.39 is 16.1 Å². The van der Waals surface area contributed by atoms with Gasteiger partial charge in [-0.05, 0) is 78.9 Å². The average Bonchev–Trinajstić information content (AvgIpc) is 2.99. The van der Waals surface area contributed by atoms with Crippen LogP contribution >= 0.6 is 0 Å². The molecule has 228 valence electrons. The summed E-state index contributed by atoms with van der Waals surface area (Å²) in [6.45, 7) is 6.50. The van der Waals surface area contributed by atoms with Crippen molar-refractivity contribution >= 4 is 32.5 Å². The summed E-state index contributed by atoms with van der Waals surface area (Å²) in [7, 11) is -2.36. The molecule has 4 aromatic carbocycles. The monoisotopic (exact) mass is 603 g/mol. The molecule has 4 aromatic rings. The Hall–Kier alpha value is -3.76. The molecule has 1 unspecified atom stereocenters. The maximum Gasteiger partial charge on any atom is 0.325 e. The Morgan fingerprint density at radius 2 is 1.65 bits per heavy atom. The van der Waals surface area contributed by atoms with Crippen LogP contribution < -0.4 is 10.6 Å². The molecule has 9 heteroatoms. The molecule has 0 aliphatic rings. The third-order valence-electron chi connectivity index (χ3n) is 7.25. The minimum Gasteiger partial charge on any atom is -0.465 e. The fourth-order valence-electron chi connectivity index (χ4n) is 4.96. The molecule has 0 bridgehead atoms. The van der Waals surface area contributed by atoms with Crippen LogP contribution in [0.5, 0.6) is 0 Å². The SMILES string of the molecule is CCOC(=O)CNc1ccc(-c2cccc(S(=O)(=O)N(C)CC(O)CNC(C)(C)Cc3ccc4ccccc4c3)c2)cc1. The highest BCUT2D eigenvalue weighted by Gasteiger charge is 2.25. The van der Waals surface area contributed by atoms with E-state index in [9.17, 15) is 18.3 Å². The van der Waals surface area contributed by atoms with Crippen LogP contribution in [-0.2, 0) is 26.0 Å². The summed E-state index contributed by atoms with van der Waals surface area (Å²) in [5.41, 5.74) is 3.21. The second kappa shape index (κ2) is 14.1. The van der Waals surface area contributed by atoms with Crippen LogP contribution in [0.4, 0.5) is 5.69 Å². The van der Waals surface area contributed by atoms with Crippen molar-refractivity contribution in [1.82, 2.24) is 9.62 Å². The van der Waals surface area contributed by atoms with Gasteiger partial charge in [0.1, 0.15) is 6.54 Å². The van der Waals surface area contributed by atoms with Gasteiger partial charge in [0.25, 0.3) is 0 Å². The van der Waals surface area contributed by atoms with Crippen molar-refractivity contribution in [2.45, 2.75) is 43.7 Å². The smallest absolute Gasteiger partial charge is 0.325 e. The predicted octanol–water partition coefficient (Wildman–Crippen LogP) is 5.07. The molecule has 8 nitrogen and oxygen atoms in total. The Kier molecular flexibility index (Phi) is 10.6. The number of rotatable bonds is 14. The number of aliphatic hydroxyl groups excluding tert-OH is 1. The Balaban J connectivity index is 1.33. The van der Waals surface area contributed by atoms with E-state index in [4.69, 9.17) is 4.74 Å². The number of aliphatic hydroxyl groups is 1. The lowest BCUT2D eigenvalue weighted by Gasteiger charge is -2.29. The topological polar surface area (TPSA) is 108 Å². The van der Waals surface area contributed by atoms with E-state index in [0.29, 0.717) is 6.61 Å². The van der Waals surface area contributed by atoms with E-state index in [-0.39, 0.29) is 36.0 Å². The number of ether oxygens (including phenoxy) is 1. The molecule has 0 amide bonds. The van der Waals surface area contributed by atoms with Crippen LogP contribution in [0.25, 0.3) is 21.9 Å². The third kappa shape index (κ3) is 8.87. The van der Waals surface area contributed by atoms with Gasteiger partial charge in [-0.3, -0.25) is 4.79 Å². The summed E-state index contributed by atoms with van der Waals surface area (Å²) >= 11 is 0. The first-order chi connectivity index (χ1) is 20.5. The quantitative estimate of drug-likeness (QED) is 0.173. The molecular weight excluding hydrogens is 562 g/mol. The number of nitrogens with one attached hydrogen (secondary N) is 2. The minimum absolute atomic E-state index is 0.0492. The number of hydrogen-bond donors (Lipinski definition) is 3. The molecule has 0 fully saturated rings. The summed E-state index contributed by atoms with van der Waals surface area (Å²) in [5.74, 6) is -0.334. The normalized spacial score (nSPS) is 12.8. The van der Waals surface area contributed by atoms with Gasteiger partial charge in [0.2, 0.25) is 10.0 Å². The molecule has 0 saturated heterocycles. The zero-order valence-corrected chi connectivity index (χ0v) is 26.0. The molecule has 3 N–H and O–H groups in total. The highest BCUT2D eigenvalue weighted by Crippen LogP contribution is 2.26. The van der Waals surface area contributed by atoms with Crippen molar-refractivity contribution in [3.05, 3.63) is 96.6 Å². The van der Waals surface area contributed by atoms with Crippen molar-refractivity contribution in [2.75, 3.05) is 38.6 Å². The molecule has 4 rings (SSSR count). The number of nitrogens with zero attached hydrogens (tertiary/aromatic N) is 1. The maximum atomic E-state index is 13.4. The van der Waals surface area contributed by atoms with E-state index in [0.717, 1.165) is 23.2 Å². The maximum absolute atomic E-state index is 13.4. The first-order valence-corrected chi connectivity index (χ1v) is 15.9. The van der Waals surface area contributed by atoms with Crippen LogP contribution in [0, 0.1) is 0 Å². The molecule has 43 heavy (non-hydrogen) atoms. The molecule has 1 atom stereocenters. The molecule has 0 heterocycles. The second-order valence-corrected chi connectivity index (χ2v) is 13.4. The standard InChI is InChI=1S/C34H41N3O5S/c1-5-42-33(39)23-35-30-17-15-27(16-18-30)29-11-8-12-32(20-29)43(40,41)37(4)24-31(38)22-36-34(2,3)21-25-13-14-26-9-6-7-10-28(26)19-25/h6-20,31,35-36,38H,5,21-24H2,1-4H3. The van der Waals surface area contributed by atoms with Crippen molar-refractivity contribution in [1.29, 1.82) is 0 Å². The van der Waals surface area contributed by atoms with Crippen LogP contribution in [-0.4, -0.2) is 68.7 Å². The van der Waals surface area contributed by atoms with E-state index in [2.05, 4.69) is 54.8 Å². The number of sulfonamides is 1. The van der Waals surface area contributed by atoms with Gasteiger partial charge in [0.05, 0.1) is 17.6 Å². The average molecular weight is 604 g/mol. The van der Waals surface area contributed by atoms with Crippen LogP contribution in [0.15, 0.2) is 95.9 Å². The number of likely N-dealkylation sites (N-methyl/N-ethyl adjacent to an activating group) is 1. The van der Waals surface area contributed by atoms with E-state index >= 15 is 0 Å². The minimum atomic E-state index is -3.84. The summed E-state index contributed by atoms with van der Waals surface area (Å²) in [6.07, 6.45) is -0.137. The Bertz CT molecular complexity index is 1640. The van der Waals surface area contributed by atoms with Crippen LogP contribution in [0.1, 0.15) is 26.3 Å². The van der Waals surface area contributed by atoms with Crippen molar-refractivity contribution in [3.63, 3.8) is 0 Å². The van der Waals surface area contributed by atoms with Gasteiger partial charge in [-0.2, -0.15) is 4.31 Å². The number of esters is 1. The van der Waals surface area contributed by atoms with E-state index in [1.807, 2.05) is 42.5 Å². The third-order valence-corrected chi connectivity index (χ3v) is 9.07. The number of benzene rings is 4. The molecule has 0 aliphatic carbocycles. The molecule has 0 radical (unpaired) electrons. The lowest BCUT2D eigenvalue weighted by Crippen LogP contribution is -2.47. The number of hydrogen-bond acceptors (Lipinski definition) is 7. The zero-order valence-electron chi connectivity index (χ0n) is 25.2. The van der Waals surface area contributed by atoms with Gasteiger partial charge in [0, 0.05) is 31.4 Å². The highest BCUT2D eigenvalue weighted by atomic mass is 32.2. The Labute approximate surface area is 254 Å². The van der Waals surface area contributed by atoms with Gasteiger partial charge in [-0.1, -0.05) is 66.7 Å². The molecule has 0 spiro atoms. The lowest BCUT2D eigenvalue weighted by atomic mass is 9.93.